The highest BCUT2D eigenvalue weighted by Crippen LogP contribution is 2.26. The maximum atomic E-state index is 10.4. The molecule has 154 valence electrons. The van der Waals surface area contributed by atoms with Crippen LogP contribution in [0.5, 0.6) is 5.75 Å². The number of rotatable bonds is 14. The Morgan fingerprint density at radius 1 is 1.00 bits per heavy atom. The van der Waals surface area contributed by atoms with Crippen molar-refractivity contribution in [3.8, 4) is 5.75 Å². The molecule has 1 aromatic rings. The van der Waals surface area contributed by atoms with E-state index in [1.165, 1.54) is 32.1 Å². The van der Waals surface area contributed by atoms with E-state index in [-0.39, 0.29) is 0 Å². The fraction of sp³-hybridized carbons (Fsp3) is 0.727. The first-order chi connectivity index (χ1) is 13.3. The van der Waals surface area contributed by atoms with Gasteiger partial charge in [0.25, 0.3) is 0 Å². The maximum Gasteiger partial charge on any atom is 0.119 e. The minimum Gasteiger partial charge on any atom is -0.493 e. The van der Waals surface area contributed by atoms with Gasteiger partial charge in [-0.3, -0.25) is 0 Å². The number of aliphatic hydroxyl groups is 1. The number of benzene rings is 1. The van der Waals surface area contributed by atoms with Gasteiger partial charge < -0.3 is 24.1 Å². The van der Waals surface area contributed by atoms with E-state index in [2.05, 4.69) is 0 Å². The molecule has 0 aromatic heterocycles. The molecule has 0 radical (unpaired) electrons. The second-order valence-corrected chi connectivity index (χ2v) is 7.26. The third-order valence-electron chi connectivity index (χ3n) is 5.02. The van der Waals surface area contributed by atoms with Gasteiger partial charge in [-0.1, -0.05) is 31.4 Å². The van der Waals surface area contributed by atoms with Gasteiger partial charge in [-0.05, 0) is 49.3 Å². The van der Waals surface area contributed by atoms with Gasteiger partial charge in [0.2, 0.25) is 0 Å². The van der Waals surface area contributed by atoms with Gasteiger partial charge in [-0.2, -0.15) is 0 Å². The predicted molar refractivity (Wildman–Crippen MR) is 106 cm³/mol. The lowest BCUT2D eigenvalue weighted by molar-refractivity contribution is 0.0218. The SMILES string of the molecule is COCCOCCOCCCC(O)c1cccc(OCC2CCCCC2)c1. The Hall–Kier alpha value is -1.14. The van der Waals surface area contributed by atoms with Crippen LogP contribution in [0, 0.1) is 5.92 Å². The molecule has 1 fully saturated rings. The van der Waals surface area contributed by atoms with E-state index in [0.717, 1.165) is 24.3 Å². The number of hydrogen-bond acceptors (Lipinski definition) is 5. The van der Waals surface area contributed by atoms with E-state index < -0.39 is 6.10 Å². The second kappa shape index (κ2) is 13.9. The first-order valence-corrected chi connectivity index (χ1v) is 10.3. The van der Waals surface area contributed by atoms with Gasteiger partial charge in [-0.25, -0.2) is 0 Å². The molecule has 1 atom stereocenters. The van der Waals surface area contributed by atoms with Crippen LogP contribution in [0.2, 0.25) is 0 Å². The Labute approximate surface area is 164 Å². The molecule has 0 saturated heterocycles. The summed E-state index contributed by atoms with van der Waals surface area (Å²) in [6.07, 6.45) is 7.58. The fourth-order valence-electron chi connectivity index (χ4n) is 3.39. The first kappa shape index (κ1) is 22.2. The number of aliphatic hydroxyl groups excluding tert-OH is 1. The lowest BCUT2D eigenvalue weighted by Crippen LogP contribution is -2.15. The molecule has 27 heavy (non-hydrogen) atoms. The summed E-state index contributed by atoms with van der Waals surface area (Å²) >= 11 is 0. The number of ether oxygens (including phenoxy) is 4. The first-order valence-electron chi connectivity index (χ1n) is 10.3. The monoisotopic (exact) mass is 380 g/mol. The quantitative estimate of drug-likeness (QED) is 0.492. The summed E-state index contributed by atoms with van der Waals surface area (Å²) in [5.41, 5.74) is 0.916. The minimum absolute atomic E-state index is 0.482. The Balaban J connectivity index is 1.59. The van der Waals surface area contributed by atoms with E-state index >= 15 is 0 Å². The van der Waals surface area contributed by atoms with Crippen LogP contribution < -0.4 is 4.74 Å². The third kappa shape index (κ3) is 9.56. The largest absolute Gasteiger partial charge is 0.493 e. The summed E-state index contributed by atoms with van der Waals surface area (Å²) in [4.78, 5) is 0. The smallest absolute Gasteiger partial charge is 0.119 e. The van der Waals surface area contributed by atoms with Crippen LogP contribution in [-0.4, -0.2) is 51.9 Å². The second-order valence-electron chi connectivity index (χ2n) is 7.26. The molecule has 1 N–H and O–H groups in total. The molecule has 2 rings (SSSR count). The molecule has 0 bridgehead atoms. The molecule has 1 unspecified atom stereocenters. The zero-order valence-corrected chi connectivity index (χ0v) is 16.7. The van der Waals surface area contributed by atoms with Gasteiger partial charge in [0.15, 0.2) is 0 Å². The van der Waals surface area contributed by atoms with Gasteiger partial charge >= 0.3 is 0 Å². The van der Waals surface area contributed by atoms with E-state index in [0.29, 0.717) is 45.4 Å². The molecular weight excluding hydrogens is 344 g/mol. The Morgan fingerprint density at radius 2 is 1.74 bits per heavy atom. The summed E-state index contributed by atoms with van der Waals surface area (Å²) < 4.78 is 21.7. The highest BCUT2D eigenvalue weighted by Gasteiger charge is 2.14. The van der Waals surface area contributed by atoms with Crippen molar-refractivity contribution in [2.24, 2.45) is 5.92 Å². The standard InChI is InChI=1S/C22H36O5/c1-24-13-14-26-16-15-25-12-6-11-22(23)20-9-5-10-21(17-20)27-18-19-7-3-2-4-8-19/h5,9-10,17,19,22-23H,2-4,6-8,11-16,18H2,1H3. The summed E-state index contributed by atoms with van der Waals surface area (Å²) in [6, 6.07) is 7.87. The molecule has 1 aliphatic carbocycles. The van der Waals surface area contributed by atoms with Crippen LogP contribution in [0.3, 0.4) is 0 Å². The van der Waals surface area contributed by atoms with Crippen molar-refractivity contribution in [3.05, 3.63) is 29.8 Å². The average Bonchev–Trinajstić information content (AvgIpc) is 2.72. The minimum atomic E-state index is -0.482. The average molecular weight is 381 g/mol. The predicted octanol–water partition coefficient (Wildman–Crippen LogP) is 4.14. The van der Waals surface area contributed by atoms with E-state index in [9.17, 15) is 5.11 Å². The van der Waals surface area contributed by atoms with Gasteiger partial charge in [0, 0.05) is 13.7 Å². The van der Waals surface area contributed by atoms with E-state index in [1.807, 2.05) is 24.3 Å². The van der Waals surface area contributed by atoms with Crippen molar-refractivity contribution < 1.29 is 24.1 Å². The lowest BCUT2D eigenvalue weighted by Gasteiger charge is -2.22. The molecule has 0 amide bonds. The molecule has 1 aromatic carbocycles. The van der Waals surface area contributed by atoms with Crippen molar-refractivity contribution in [2.45, 2.75) is 51.0 Å². The van der Waals surface area contributed by atoms with Crippen LogP contribution in [0.15, 0.2) is 24.3 Å². The molecular formula is C22H36O5. The van der Waals surface area contributed by atoms with Crippen LogP contribution in [0.25, 0.3) is 0 Å². The molecule has 5 nitrogen and oxygen atoms in total. The van der Waals surface area contributed by atoms with Crippen LogP contribution in [0.4, 0.5) is 0 Å². The zero-order chi connectivity index (χ0) is 19.2. The summed E-state index contributed by atoms with van der Waals surface area (Å²) in [5.74, 6) is 1.55. The molecule has 1 saturated carbocycles. The molecule has 5 heteroatoms. The van der Waals surface area contributed by atoms with E-state index in [4.69, 9.17) is 18.9 Å². The highest BCUT2D eigenvalue weighted by atomic mass is 16.5. The highest BCUT2D eigenvalue weighted by molar-refractivity contribution is 5.29. The van der Waals surface area contributed by atoms with Crippen molar-refractivity contribution in [3.63, 3.8) is 0 Å². The van der Waals surface area contributed by atoms with Gasteiger partial charge in [0.1, 0.15) is 5.75 Å². The molecule has 0 heterocycles. The van der Waals surface area contributed by atoms with Crippen molar-refractivity contribution in [1.29, 1.82) is 0 Å². The van der Waals surface area contributed by atoms with Crippen LogP contribution in [-0.2, 0) is 14.2 Å². The van der Waals surface area contributed by atoms with Crippen molar-refractivity contribution in [2.75, 3.05) is 46.8 Å². The van der Waals surface area contributed by atoms with Gasteiger partial charge in [-0.15, -0.1) is 0 Å². The number of hydrogen-bond donors (Lipinski definition) is 1. The summed E-state index contributed by atoms with van der Waals surface area (Å²) in [5, 5.41) is 10.4. The Kier molecular flexibility index (Phi) is 11.4. The summed E-state index contributed by atoms with van der Waals surface area (Å²) in [6.45, 7) is 3.77. The third-order valence-corrected chi connectivity index (χ3v) is 5.02. The fourth-order valence-corrected chi connectivity index (χ4v) is 3.39. The molecule has 0 aliphatic heterocycles. The zero-order valence-electron chi connectivity index (χ0n) is 16.7. The van der Waals surface area contributed by atoms with Crippen LogP contribution in [0.1, 0.15) is 56.6 Å². The van der Waals surface area contributed by atoms with Crippen molar-refractivity contribution >= 4 is 0 Å². The van der Waals surface area contributed by atoms with Gasteiger partial charge in [0.05, 0.1) is 39.1 Å². The molecule has 0 spiro atoms. The maximum absolute atomic E-state index is 10.4. The number of methoxy groups -OCH3 is 1. The van der Waals surface area contributed by atoms with E-state index in [1.54, 1.807) is 7.11 Å². The Morgan fingerprint density at radius 3 is 2.52 bits per heavy atom. The Bertz CT molecular complexity index is 487. The normalized spacial score (nSPS) is 16.4. The topological polar surface area (TPSA) is 57.2 Å². The lowest BCUT2D eigenvalue weighted by atomic mass is 9.90. The summed E-state index contributed by atoms with van der Waals surface area (Å²) in [7, 11) is 1.66. The molecule has 1 aliphatic rings. The van der Waals surface area contributed by atoms with Crippen molar-refractivity contribution in [1.82, 2.24) is 0 Å². The van der Waals surface area contributed by atoms with Crippen LogP contribution >= 0.6 is 0 Å².